The van der Waals surface area contributed by atoms with Crippen LogP contribution < -0.4 is 0 Å². The van der Waals surface area contributed by atoms with Gasteiger partial charge in [-0.1, -0.05) is 25.8 Å². The Labute approximate surface area is 149 Å². The Hall–Kier alpha value is -0.603. The molecule has 0 aromatic rings. The Balaban J connectivity index is 2.23. The van der Waals surface area contributed by atoms with Crippen LogP contribution in [-0.4, -0.2) is 32.9 Å². The van der Waals surface area contributed by atoms with Crippen molar-refractivity contribution in [2.75, 3.05) is 13.2 Å². The lowest BCUT2D eigenvalue weighted by Gasteiger charge is -2.43. The van der Waals surface area contributed by atoms with Crippen molar-refractivity contribution in [1.82, 2.24) is 0 Å². The van der Waals surface area contributed by atoms with E-state index >= 15 is 0 Å². The second-order valence-electron chi connectivity index (χ2n) is 9.16. The minimum atomic E-state index is -1.77. The van der Waals surface area contributed by atoms with Crippen molar-refractivity contribution in [2.45, 2.75) is 77.0 Å². The number of rotatable bonds is 4. The van der Waals surface area contributed by atoms with Crippen LogP contribution in [0.15, 0.2) is 12.7 Å². The zero-order valence-electron chi connectivity index (χ0n) is 16.1. The van der Waals surface area contributed by atoms with Gasteiger partial charge in [0.25, 0.3) is 0 Å². The van der Waals surface area contributed by atoms with E-state index in [0.29, 0.717) is 0 Å². The van der Waals surface area contributed by atoms with Crippen LogP contribution in [-0.2, 0) is 13.9 Å². The molecule has 0 N–H and O–H groups in total. The van der Waals surface area contributed by atoms with E-state index in [9.17, 15) is 0 Å². The second-order valence-corrected chi connectivity index (χ2v) is 13.6. The van der Waals surface area contributed by atoms with E-state index in [1.807, 2.05) is 6.08 Å². The minimum Gasteiger partial charge on any atom is -0.401 e. The van der Waals surface area contributed by atoms with Crippen LogP contribution in [0.4, 0.5) is 0 Å². The summed E-state index contributed by atoms with van der Waals surface area (Å²) < 4.78 is 19.0. The van der Waals surface area contributed by atoms with Crippen LogP contribution >= 0.6 is 0 Å². The van der Waals surface area contributed by atoms with Crippen molar-refractivity contribution in [3.05, 3.63) is 12.7 Å². The Morgan fingerprint density at radius 1 is 1.21 bits per heavy atom. The smallest absolute Gasteiger partial charge is 0.185 e. The molecule has 1 heterocycles. The highest BCUT2D eigenvalue weighted by molar-refractivity contribution is 6.69. The summed E-state index contributed by atoms with van der Waals surface area (Å²) in [6.07, 6.45) is 12.3. The third-order valence-electron chi connectivity index (χ3n) is 5.05. The van der Waals surface area contributed by atoms with Crippen molar-refractivity contribution < 1.29 is 13.9 Å². The van der Waals surface area contributed by atoms with E-state index in [2.05, 4.69) is 46.0 Å². The van der Waals surface area contributed by atoms with E-state index < -0.39 is 19.7 Å². The molecular weight excluding hydrogens is 316 g/mol. The first kappa shape index (κ1) is 19.7. The van der Waals surface area contributed by atoms with Crippen molar-refractivity contribution >= 4 is 8.32 Å². The van der Waals surface area contributed by atoms with Gasteiger partial charge in [0, 0.05) is 24.2 Å². The fourth-order valence-electron chi connectivity index (χ4n) is 3.77. The lowest BCUT2D eigenvalue weighted by Crippen LogP contribution is -2.48. The number of hydrogen-bond acceptors (Lipinski definition) is 3. The molecule has 1 saturated heterocycles. The quantitative estimate of drug-likeness (QED) is 0.416. The van der Waals surface area contributed by atoms with Gasteiger partial charge < -0.3 is 13.9 Å². The fourth-order valence-corrected chi connectivity index (χ4v) is 5.19. The van der Waals surface area contributed by atoms with Gasteiger partial charge in [0.2, 0.25) is 0 Å². The zero-order chi connectivity index (χ0) is 18.1. The van der Waals surface area contributed by atoms with Crippen molar-refractivity contribution in [3.63, 3.8) is 0 Å². The van der Waals surface area contributed by atoms with E-state index in [-0.39, 0.29) is 11.3 Å². The molecule has 2 fully saturated rings. The molecule has 24 heavy (non-hydrogen) atoms. The highest BCUT2D eigenvalue weighted by Crippen LogP contribution is 2.46. The third kappa shape index (κ3) is 4.52. The van der Waals surface area contributed by atoms with Gasteiger partial charge >= 0.3 is 0 Å². The molecule has 1 aliphatic heterocycles. The molecule has 1 spiro atoms. The summed E-state index contributed by atoms with van der Waals surface area (Å²) in [5.74, 6) is 2.82. The molecule has 2 aliphatic rings. The Morgan fingerprint density at radius 2 is 1.83 bits per heavy atom. The number of terminal acetylenes is 1. The van der Waals surface area contributed by atoms with Crippen molar-refractivity contribution in [2.24, 2.45) is 11.3 Å². The third-order valence-corrected chi connectivity index (χ3v) is 6.02. The average Bonchev–Trinajstić information content (AvgIpc) is 2.62. The van der Waals surface area contributed by atoms with E-state index in [4.69, 9.17) is 20.3 Å². The molecule has 136 valence electrons. The molecule has 0 radical (unpaired) electrons. The normalized spacial score (nSPS) is 32.8. The summed E-state index contributed by atoms with van der Waals surface area (Å²) in [7, 11) is -1.77. The van der Waals surface area contributed by atoms with Crippen molar-refractivity contribution in [3.8, 4) is 12.3 Å². The summed E-state index contributed by atoms with van der Waals surface area (Å²) in [5, 5.41) is 0. The summed E-state index contributed by atoms with van der Waals surface area (Å²) in [6, 6.07) is 0. The first-order valence-electron chi connectivity index (χ1n) is 9.12. The molecular formula is C20H34O3Si. The van der Waals surface area contributed by atoms with Crippen LogP contribution in [0.3, 0.4) is 0 Å². The number of allylic oxidation sites excluding steroid dienone is 1. The van der Waals surface area contributed by atoms with E-state index in [1.54, 1.807) is 0 Å². The van der Waals surface area contributed by atoms with E-state index in [1.165, 1.54) is 0 Å². The molecule has 0 unspecified atom stereocenters. The highest BCUT2D eigenvalue weighted by Gasteiger charge is 2.49. The van der Waals surface area contributed by atoms with Gasteiger partial charge in [-0.15, -0.1) is 13.0 Å². The maximum Gasteiger partial charge on any atom is 0.185 e. The summed E-state index contributed by atoms with van der Waals surface area (Å²) in [5.41, 5.74) is -0.446. The standard InChI is InChI=1S/C20H34O3Si/c1-8-10-17-11-12-20(21-15-18(3,4)16-22-20)14-13-19(17,9-2)23-24(5,6)7/h2,8,17H,1,10-16H2,3-7H3/t17-,19+/m0/s1. The molecule has 0 aromatic heterocycles. The van der Waals surface area contributed by atoms with Crippen LogP contribution in [0.1, 0.15) is 46.0 Å². The predicted molar refractivity (Wildman–Crippen MR) is 101 cm³/mol. The summed E-state index contributed by atoms with van der Waals surface area (Å²) >= 11 is 0. The van der Waals surface area contributed by atoms with Gasteiger partial charge in [-0.2, -0.15) is 0 Å². The number of ether oxygens (including phenoxy) is 2. The molecule has 2 atom stereocenters. The Bertz CT molecular complexity index is 490. The van der Waals surface area contributed by atoms with Crippen LogP contribution in [0.25, 0.3) is 0 Å². The Morgan fingerprint density at radius 3 is 2.33 bits per heavy atom. The molecule has 0 bridgehead atoms. The lowest BCUT2D eigenvalue weighted by atomic mass is 9.82. The molecule has 0 amide bonds. The topological polar surface area (TPSA) is 27.7 Å². The molecule has 0 aromatic carbocycles. The maximum atomic E-state index is 6.58. The number of hydrogen-bond donors (Lipinski definition) is 0. The second kappa shape index (κ2) is 6.95. The summed E-state index contributed by atoms with van der Waals surface area (Å²) in [6.45, 7) is 16.4. The largest absolute Gasteiger partial charge is 0.401 e. The van der Waals surface area contributed by atoms with Gasteiger partial charge in [-0.05, 0) is 38.9 Å². The Kier molecular flexibility index (Phi) is 5.71. The van der Waals surface area contributed by atoms with Crippen molar-refractivity contribution in [1.29, 1.82) is 0 Å². The van der Waals surface area contributed by atoms with Crippen LogP contribution in [0.2, 0.25) is 19.6 Å². The van der Waals surface area contributed by atoms with E-state index in [0.717, 1.165) is 45.3 Å². The van der Waals surface area contributed by atoms with Gasteiger partial charge in [0.05, 0.1) is 13.2 Å². The molecule has 1 saturated carbocycles. The van der Waals surface area contributed by atoms with Gasteiger partial charge in [0.1, 0.15) is 5.60 Å². The zero-order valence-corrected chi connectivity index (χ0v) is 17.1. The van der Waals surface area contributed by atoms with Crippen LogP contribution in [0, 0.1) is 23.7 Å². The first-order valence-corrected chi connectivity index (χ1v) is 12.5. The molecule has 3 nitrogen and oxygen atoms in total. The molecule has 1 aliphatic carbocycles. The van der Waals surface area contributed by atoms with Gasteiger partial charge in [-0.25, -0.2) is 0 Å². The lowest BCUT2D eigenvalue weighted by molar-refractivity contribution is -0.304. The van der Waals surface area contributed by atoms with Gasteiger partial charge in [0.15, 0.2) is 14.1 Å². The molecule has 4 heteroatoms. The van der Waals surface area contributed by atoms with Gasteiger partial charge in [-0.3, -0.25) is 0 Å². The predicted octanol–water partition coefficient (Wildman–Crippen LogP) is 4.75. The monoisotopic (exact) mass is 350 g/mol. The highest BCUT2D eigenvalue weighted by atomic mass is 28.4. The summed E-state index contributed by atoms with van der Waals surface area (Å²) in [4.78, 5) is 0. The SMILES string of the molecule is C#C[C@@]1(O[Si](C)(C)C)CCC2(CC[C@@H]1CC=C)OCC(C)(C)CO2. The molecule has 2 rings (SSSR count). The minimum absolute atomic E-state index is 0.0795. The van der Waals surface area contributed by atoms with Crippen LogP contribution in [0.5, 0.6) is 0 Å². The first-order chi connectivity index (χ1) is 11.1. The fraction of sp³-hybridized carbons (Fsp3) is 0.800. The average molecular weight is 351 g/mol. The maximum absolute atomic E-state index is 6.58.